The Labute approximate surface area is 110 Å². The standard InChI is InChI=1S/C11H16ClN3OS/c1-17-11-13-9(12)7-10(14-11)15(5-6-16)8-3-2-4-8/h7-8,16H,2-6H2,1H3. The highest BCUT2D eigenvalue weighted by molar-refractivity contribution is 7.98. The third-order valence-corrected chi connectivity index (χ3v) is 3.74. The van der Waals surface area contributed by atoms with Gasteiger partial charge in [0.15, 0.2) is 5.16 Å². The summed E-state index contributed by atoms with van der Waals surface area (Å²) >= 11 is 7.46. The van der Waals surface area contributed by atoms with E-state index >= 15 is 0 Å². The van der Waals surface area contributed by atoms with E-state index in [0.29, 0.717) is 22.9 Å². The van der Waals surface area contributed by atoms with E-state index in [-0.39, 0.29) is 6.61 Å². The largest absolute Gasteiger partial charge is 0.395 e. The summed E-state index contributed by atoms with van der Waals surface area (Å²) in [4.78, 5) is 10.7. The van der Waals surface area contributed by atoms with Gasteiger partial charge in [-0.05, 0) is 25.5 Å². The van der Waals surface area contributed by atoms with Gasteiger partial charge in [-0.2, -0.15) is 0 Å². The number of aliphatic hydroxyl groups is 1. The summed E-state index contributed by atoms with van der Waals surface area (Å²) in [6.07, 6.45) is 5.50. The number of halogens is 1. The average Bonchev–Trinajstić information content (AvgIpc) is 2.25. The van der Waals surface area contributed by atoms with Crippen molar-refractivity contribution in [3.63, 3.8) is 0 Å². The zero-order valence-corrected chi connectivity index (χ0v) is 11.3. The number of nitrogens with zero attached hydrogens (tertiary/aromatic N) is 3. The molecule has 0 bridgehead atoms. The summed E-state index contributed by atoms with van der Waals surface area (Å²) in [5, 5.41) is 10.3. The second-order valence-electron chi connectivity index (χ2n) is 4.04. The molecule has 94 valence electrons. The monoisotopic (exact) mass is 273 g/mol. The fourth-order valence-corrected chi connectivity index (χ4v) is 2.52. The van der Waals surface area contributed by atoms with Crippen molar-refractivity contribution < 1.29 is 5.11 Å². The number of thioether (sulfide) groups is 1. The van der Waals surface area contributed by atoms with Crippen LogP contribution in [0, 0.1) is 0 Å². The van der Waals surface area contributed by atoms with Gasteiger partial charge in [0.1, 0.15) is 11.0 Å². The van der Waals surface area contributed by atoms with Crippen molar-refractivity contribution in [2.45, 2.75) is 30.5 Å². The van der Waals surface area contributed by atoms with Gasteiger partial charge in [-0.25, -0.2) is 9.97 Å². The first-order valence-corrected chi connectivity index (χ1v) is 7.31. The number of hydrogen-bond acceptors (Lipinski definition) is 5. The molecule has 1 saturated carbocycles. The lowest BCUT2D eigenvalue weighted by Gasteiger charge is -2.38. The fourth-order valence-electron chi connectivity index (χ4n) is 1.91. The third kappa shape index (κ3) is 3.03. The van der Waals surface area contributed by atoms with Gasteiger partial charge in [-0.15, -0.1) is 0 Å². The van der Waals surface area contributed by atoms with Crippen molar-refractivity contribution in [1.29, 1.82) is 0 Å². The van der Waals surface area contributed by atoms with Crippen LogP contribution in [0.15, 0.2) is 11.2 Å². The molecule has 4 nitrogen and oxygen atoms in total. The van der Waals surface area contributed by atoms with Crippen molar-refractivity contribution in [2.75, 3.05) is 24.3 Å². The Bertz CT molecular complexity index is 387. The lowest BCUT2D eigenvalue weighted by atomic mass is 9.91. The molecular formula is C11H16ClN3OS. The van der Waals surface area contributed by atoms with Crippen LogP contribution >= 0.6 is 23.4 Å². The third-order valence-electron chi connectivity index (χ3n) is 2.99. The van der Waals surface area contributed by atoms with Crippen LogP contribution in [-0.2, 0) is 0 Å². The minimum absolute atomic E-state index is 0.132. The molecule has 1 aromatic rings. The lowest BCUT2D eigenvalue weighted by Crippen LogP contribution is -2.42. The zero-order valence-electron chi connectivity index (χ0n) is 9.77. The Kier molecular flexibility index (Phi) is 4.48. The molecule has 0 aromatic carbocycles. The Morgan fingerprint density at radius 2 is 2.29 bits per heavy atom. The Morgan fingerprint density at radius 3 is 2.82 bits per heavy atom. The second-order valence-corrected chi connectivity index (χ2v) is 5.20. The van der Waals surface area contributed by atoms with Crippen LogP contribution in [0.3, 0.4) is 0 Å². The number of aliphatic hydroxyl groups excluding tert-OH is 1. The number of anilines is 1. The molecule has 0 unspecified atom stereocenters. The van der Waals surface area contributed by atoms with E-state index in [1.54, 1.807) is 6.07 Å². The maximum absolute atomic E-state index is 9.14. The summed E-state index contributed by atoms with van der Waals surface area (Å²) < 4.78 is 0. The molecule has 0 spiro atoms. The predicted molar refractivity (Wildman–Crippen MR) is 70.9 cm³/mol. The topological polar surface area (TPSA) is 49.2 Å². The molecule has 1 N–H and O–H groups in total. The Balaban J connectivity index is 2.24. The molecular weight excluding hydrogens is 258 g/mol. The highest BCUT2D eigenvalue weighted by Gasteiger charge is 2.26. The quantitative estimate of drug-likeness (QED) is 0.506. The lowest BCUT2D eigenvalue weighted by molar-refractivity contribution is 0.282. The summed E-state index contributed by atoms with van der Waals surface area (Å²) in [7, 11) is 0. The second kappa shape index (κ2) is 5.89. The Hall–Kier alpha value is -0.520. The highest BCUT2D eigenvalue weighted by Crippen LogP contribution is 2.30. The van der Waals surface area contributed by atoms with Gasteiger partial charge < -0.3 is 10.0 Å². The smallest absolute Gasteiger partial charge is 0.190 e. The van der Waals surface area contributed by atoms with E-state index in [1.165, 1.54) is 18.2 Å². The Morgan fingerprint density at radius 1 is 1.53 bits per heavy atom. The van der Waals surface area contributed by atoms with Crippen LogP contribution in [0.4, 0.5) is 5.82 Å². The van der Waals surface area contributed by atoms with Crippen LogP contribution in [-0.4, -0.2) is 40.5 Å². The molecule has 0 radical (unpaired) electrons. The van der Waals surface area contributed by atoms with Gasteiger partial charge in [0.2, 0.25) is 0 Å². The van der Waals surface area contributed by atoms with Gasteiger partial charge >= 0.3 is 0 Å². The van der Waals surface area contributed by atoms with E-state index in [4.69, 9.17) is 16.7 Å². The summed E-state index contributed by atoms with van der Waals surface area (Å²) in [6, 6.07) is 2.26. The molecule has 1 fully saturated rings. The van der Waals surface area contributed by atoms with E-state index in [0.717, 1.165) is 18.7 Å². The van der Waals surface area contributed by atoms with E-state index in [9.17, 15) is 0 Å². The molecule has 1 heterocycles. The summed E-state index contributed by atoms with van der Waals surface area (Å²) in [5.74, 6) is 0.827. The van der Waals surface area contributed by atoms with Crippen molar-refractivity contribution in [1.82, 2.24) is 9.97 Å². The molecule has 1 aliphatic rings. The normalized spacial score (nSPS) is 15.7. The van der Waals surface area contributed by atoms with Crippen LogP contribution in [0.5, 0.6) is 0 Å². The fraction of sp³-hybridized carbons (Fsp3) is 0.636. The molecule has 0 aliphatic heterocycles. The van der Waals surface area contributed by atoms with Crippen LogP contribution in [0.2, 0.25) is 5.15 Å². The number of rotatable bonds is 5. The van der Waals surface area contributed by atoms with Gasteiger partial charge in [0.05, 0.1) is 6.61 Å². The van der Waals surface area contributed by atoms with E-state index in [1.807, 2.05) is 6.26 Å². The first-order valence-electron chi connectivity index (χ1n) is 5.70. The summed E-state index contributed by atoms with van der Waals surface area (Å²) in [6.45, 7) is 0.735. The van der Waals surface area contributed by atoms with Gasteiger partial charge in [-0.1, -0.05) is 23.4 Å². The van der Waals surface area contributed by atoms with Crippen molar-refractivity contribution >= 4 is 29.2 Å². The predicted octanol–water partition coefficient (Wildman–Crippen LogP) is 2.20. The molecule has 0 amide bonds. The minimum atomic E-state index is 0.132. The van der Waals surface area contributed by atoms with Gasteiger partial charge in [0.25, 0.3) is 0 Å². The highest BCUT2D eigenvalue weighted by atomic mass is 35.5. The maximum atomic E-state index is 9.14. The SMILES string of the molecule is CSc1nc(Cl)cc(N(CCO)C2CCC2)n1. The number of hydrogen-bond donors (Lipinski definition) is 1. The molecule has 0 atom stereocenters. The van der Waals surface area contributed by atoms with Gasteiger partial charge in [0, 0.05) is 18.7 Å². The summed E-state index contributed by atoms with van der Waals surface area (Å²) in [5.41, 5.74) is 0. The molecule has 1 aromatic heterocycles. The van der Waals surface area contributed by atoms with Crippen molar-refractivity contribution in [3.8, 4) is 0 Å². The van der Waals surface area contributed by atoms with Gasteiger partial charge in [-0.3, -0.25) is 0 Å². The van der Waals surface area contributed by atoms with Crippen molar-refractivity contribution in [2.24, 2.45) is 0 Å². The maximum Gasteiger partial charge on any atom is 0.190 e. The average molecular weight is 274 g/mol. The van der Waals surface area contributed by atoms with E-state index in [2.05, 4.69) is 14.9 Å². The number of aromatic nitrogens is 2. The molecule has 2 rings (SSSR count). The van der Waals surface area contributed by atoms with Crippen LogP contribution in [0.25, 0.3) is 0 Å². The minimum Gasteiger partial charge on any atom is -0.395 e. The molecule has 17 heavy (non-hydrogen) atoms. The first kappa shape index (κ1) is 12.9. The molecule has 0 saturated heterocycles. The van der Waals surface area contributed by atoms with Crippen molar-refractivity contribution in [3.05, 3.63) is 11.2 Å². The van der Waals surface area contributed by atoms with E-state index < -0.39 is 0 Å². The van der Waals surface area contributed by atoms with Crippen LogP contribution < -0.4 is 4.90 Å². The first-order chi connectivity index (χ1) is 8.24. The van der Waals surface area contributed by atoms with Crippen LogP contribution in [0.1, 0.15) is 19.3 Å². The zero-order chi connectivity index (χ0) is 12.3. The molecule has 1 aliphatic carbocycles. The molecule has 6 heteroatoms.